The van der Waals surface area contributed by atoms with Crippen LogP contribution in [0.4, 0.5) is 0 Å². The van der Waals surface area contributed by atoms with E-state index in [1.54, 1.807) is 0 Å². The summed E-state index contributed by atoms with van der Waals surface area (Å²) >= 11 is 3.33. The highest BCUT2D eigenvalue weighted by atomic mass is 79.9. The molecule has 0 bridgehead atoms. The van der Waals surface area contributed by atoms with Crippen molar-refractivity contribution >= 4 is 15.9 Å². The Kier molecular flexibility index (Phi) is 3.05. The molecule has 3 heteroatoms. The van der Waals surface area contributed by atoms with E-state index in [2.05, 4.69) is 21.4 Å². The van der Waals surface area contributed by atoms with Crippen LogP contribution in [0.5, 0.6) is 0 Å². The maximum Gasteiger partial charge on any atom is 0.0540 e. The van der Waals surface area contributed by atoms with Crippen LogP contribution in [0.15, 0.2) is 28.7 Å². The third-order valence-electron chi connectivity index (χ3n) is 1.56. The van der Waals surface area contributed by atoms with E-state index in [9.17, 15) is 0 Å². The molecular weight excluding hydrogens is 206 g/mol. The van der Waals surface area contributed by atoms with Gasteiger partial charge in [0, 0.05) is 4.47 Å². The predicted octanol–water partition coefficient (Wildman–Crippen LogP) is 2.49. The summed E-state index contributed by atoms with van der Waals surface area (Å²) < 4.78 is 1.05. The highest BCUT2D eigenvalue weighted by Gasteiger charge is 2.00. The molecule has 0 radical (unpaired) electrons. The molecule has 0 aromatic heterocycles. The Hall–Kier alpha value is -0.380. The average Bonchev–Trinajstić information content (AvgIpc) is 2.05. The second-order valence-corrected chi connectivity index (χ2v) is 3.32. The summed E-state index contributed by atoms with van der Waals surface area (Å²) in [5.74, 6) is 0. The molecule has 60 valence electrons. The minimum atomic E-state index is -0.0110. The van der Waals surface area contributed by atoms with Crippen molar-refractivity contribution < 1.29 is 5.21 Å². The van der Waals surface area contributed by atoms with Crippen molar-refractivity contribution in [2.45, 2.75) is 13.0 Å². The normalized spacial score (nSPS) is 13.0. The first-order valence-corrected chi connectivity index (χ1v) is 4.18. The van der Waals surface area contributed by atoms with Crippen LogP contribution in [0.2, 0.25) is 0 Å². The first-order valence-electron chi connectivity index (χ1n) is 3.39. The van der Waals surface area contributed by atoms with Crippen LogP contribution in [0.1, 0.15) is 18.5 Å². The monoisotopic (exact) mass is 215 g/mol. The van der Waals surface area contributed by atoms with Gasteiger partial charge in [-0.3, -0.25) is 0 Å². The number of benzene rings is 1. The van der Waals surface area contributed by atoms with Crippen LogP contribution >= 0.6 is 15.9 Å². The molecule has 2 nitrogen and oxygen atoms in total. The third-order valence-corrected chi connectivity index (χ3v) is 2.09. The van der Waals surface area contributed by atoms with E-state index < -0.39 is 0 Å². The van der Waals surface area contributed by atoms with Crippen molar-refractivity contribution in [3.05, 3.63) is 34.3 Å². The van der Waals surface area contributed by atoms with Crippen molar-refractivity contribution in [3.63, 3.8) is 0 Å². The van der Waals surface area contributed by atoms with Crippen LogP contribution in [-0.4, -0.2) is 5.21 Å². The summed E-state index contributed by atoms with van der Waals surface area (Å²) in [6.07, 6.45) is 0. The van der Waals surface area contributed by atoms with E-state index >= 15 is 0 Å². The summed E-state index contributed by atoms with van der Waals surface area (Å²) in [6, 6.07) is 7.80. The summed E-state index contributed by atoms with van der Waals surface area (Å²) in [5, 5.41) is 8.60. The zero-order valence-electron chi connectivity index (χ0n) is 6.21. The molecule has 0 unspecified atom stereocenters. The van der Waals surface area contributed by atoms with E-state index in [1.165, 1.54) is 0 Å². The topological polar surface area (TPSA) is 32.3 Å². The van der Waals surface area contributed by atoms with Gasteiger partial charge in [0.05, 0.1) is 6.04 Å². The third kappa shape index (κ3) is 2.29. The largest absolute Gasteiger partial charge is 0.316 e. The average molecular weight is 216 g/mol. The van der Waals surface area contributed by atoms with E-state index in [1.807, 2.05) is 31.2 Å². The van der Waals surface area contributed by atoms with Gasteiger partial charge >= 0.3 is 0 Å². The van der Waals surface area contributed by atoms with Crippen molar-refractivity contribution in [2.24, 2.45) is 0 Å². The van der Waals surface area contributed by atoms with Crippen molar-refractivity contribution in [2.75, 3.05) is 0 Å². The van der Waals surface area contributed by atoms with E-state index in [0.29, 0.717) is 0 Å². The number of nitrogens with one attached hydrogen (secondary N) is 1. The summed E-state index contributed by atoms with van der Waals surface area (Å²) in [6.45, 7) is 1.89. The zero-order valence-corrected chi connectivity index (χ0v) is 7.80. The molecule has 0 fully saturated rings. The molecule has 1 atom stereocenters. The van der Waals surface area contributed by atoms with E-state index in [0.717, 1.165) is 10.0 Å². The smallest absolute Gasteiger partial charge is 0.0540 e. The van der Waals surface area contributed by atoms with Crippen LogP contribution in [0.3, 0.4) is 0 Å². The molecular formula is C8H10BrNO. The molecule has 0 spiro atoms. The number of rotatable bonds is 2. The van der Waals surface area contributed by atoms with Gasteiger partial charge in [-0.2, -0.15) is 5.48 Å². The molecule has 11 heavy (non-hydrogen) atoms. The Morgan fingerprint density at radius 2 is 1.91 bits per heavy atom. The fraction of sp³-hybridized carbons (Fsp3) is 0.250. The Morgan fingerprint density at radius 3 is 2.36 bits per heavy atom. The van der Waals surface area contributed by atoms with Gasteiger partial charge in [-0.1, -0.05) is 28.1 Å². The first-order chi connectivity index (χ1) is 5.24. The number of hydrogen-bond acceptors (Lipinski definition) is 2. The lowest BCUT2D eigenvalue weighted by Gasteiger charge is -2.08. The van der Waals surface area contributed by atoms with Gasteiger partial charge in [0.25, 0.3) is 0 Å². The molecule has 0 aliphatic heterocycles. The van der Waals surface area contributed by atoms with Gasteiger partial charge < -0.3 is 5.21 Å². The summed E-state index contributed by atoms with van der Waals surface area (Å²) in [5.41, 5.74) is 3.25. The lowest BCUT2D eigenvalue weighted by molar-refractivity contribution is 0.133. The number of hydrogen-bond donors (Lipinski definition) is 2. The number of hydroxylamine groups is 1. The fourth-order valence-electron chi connectivity index (χ4n) is 0.826. The number of halogens is 1. The van der Waals surface area contributed by atoms with Crippen molar-refractivity contribution in [3.8, 4) is 0 Å². The SMILES string of the molecule is C[C@H](NO)c1ccc(Br)cc1. The minimum absolute atomic E-state index is 0.0110. The Balaban J connectivity index is 2.81. The summed E-state index contributed by atoms with van der Waals surface area (Å²) in [7, 11) is 0. The van der Waals surface area contributed by atoms with Gasteiger partial charge in [0.2, 0.25) is 0 Å². The highest BCUT2D eigenvalue weighted by Crippen LogP contribution is 2.15. The minimum Gasteiger partial charge on any atom is -0.316 e. The molecule has 0 heterocycles. The first kappa shape index (κ1) is 8.71. The van der Waals surface area contributed by atoms with Gasteiger partial charge in [-0.25, -0.2) is 0 Å². The lowest BCUT2D eigenvalue weighted by atomic mass is 10.1. The maximum absolute atomic E-state index is 8.60. The standard InChI is InChI=1S/C8H10BrNO/c1-6(10-11)7-2-4-8(9)5-3-7/h2-6,10-11H,1H3/t6-/m0/s1. The van der Waals surface area contributed by atoms with Gasteiger partial charge in [0.1, 0.15) is 0 Å². The maximum atomic E-state index is 8.60. The van der Waals surface area contributed by atoms with Crippen LogP contribution in [0.25, 0.3) is 0 Å². The van der Waals surface area contributed by atoms with Gasteiger partial charge in [-0.15, -0.1) is 0 Å². The molecule has 0 saturated carbocycles. The van der Waals surface area contributed by atoms with Crippen molar-refractivity contribution in [1.29, 1.82) is 0 Å². The van der Waals surface area contributed by atoms with Crippen LogP contribution < -0.4 is 5.48 Å². The van der Waals surface area contributed by atoms with Gasteiger partial charge in [0.15, 0.2) is 0 Å². The molecule has 0 aliphatic rings. The lowest BCUT2D eigenvalue weighted by Crippen LogP contribution is -2.12. The van der Waals surface area contributed by atoms with Crippen LogP contribution in [-0.2, 0) is 0 Å². The fourth-order valence-corrected chi connectivity index (χ4v) is 1.09. The Bertz CT molecular complexity index is 222. The van der Waals surface area contributed by atoms with E-state index in [4.69, 9.17) is 5.21 Å². The molecule has 0 aliphatic carbocycles. The molecule has 1 aromatic carbocycles. The van der Waals surface area contributed by atoms with Crippen LogP contribution in [0, 0.1) is 0 Å². The Labute approximate surface area is 74.3 Å². The van der Waals surface area contributed by atoms with E-state index in [-0.39, 0.29) is 6.04 Å². The molecule has 1 aromatic rings. The zero-order chi connectivity index (χ0) is 8.27. The summed E-state index contributed by atoms with van der Waals surface area (Å²) in [4.78, 5) is 0. The highest BCUT2D eigenvalue weighted by molar-refractivity contribution is 9.10. The quantitative estimate of drug-likeness (QED) is 0.744. The second-order valence-electron chi connectivity index (χ2n) is 2.40. The molecule has 0 saturated heterocycles. The predicted molar refractivity (Wildman–Crippen MR) is 47.5 cm³/mol. The molecule has 0 amide bonds. The molecule has 1 rings (SSSR count). The van der Waals surface area contributed by atoms with Crippen molar-refractivity contribution in [1.82, 2.24) is 5.48 Å². The Morgan fingerprint density at radius 1 is 1.36 bits per heavy atom. The van der Waals surface area contributed by atoms with Gasteiger partial charge in [-0.05, 0) is 24.6 Å². The second kappa shape index (κ2) is 3.85. The molecule has 2 N–H and O–H groups in total.